The molecule has 0 aromatic heterocycles. The maximum absolute atomic E-state index is 12.1. The molecule has 0 spiro atoms. The second kappa shape index (κ2) is 6.20. The van der Waals surface area contributed by atoms with E-state index in [1.54, 1.807) is 0 Å². The number of benzene rings is 1. The van der Waals surface area contributed by atoms with E-state index in [1.165, 1.54) is 0 Å². The van der Waals surface area contributed by atoms with Gasteiger partial charge in [0.25, 0.3) is 5.91 Å². The molecule has 0 atom stereocenters. The summed E-state index contributed by atoms with van der Waals surface area (Å²) in [5.41, 5.74) is 1.87. The van der Waals surface area contributed by atoms with Gasteiger partial charge in [0.1, 0.15) is 0 Å². The average Bonchev–Trinajstić information content (AvgIpc) is 2.35. The minimum absolute atomic E-state index is 0.0359. The number of amides is 1. The topological polar surface area (TPSA) is 29.1 Å². The van der Waals surface area contributed by atoms with Crippen LogP contribution in [-0.4, -0.2) is 16.8 Å². The highest BCUT2D eigenvalue weighted by atomic mass is 79.9. The van der Waals surface area contributed by atoms with E-state index in [2.05, 4.69) is 37.2 Å². The number of aryl methyl sites for hydroxylation is 1. The summed E-state index contributed by atoms with van der Waals surface area (Å²) in [5.74, 6) is 0.0359. The molecule has 2 rings (SSSR count). The van der Waals surface area contributed by atoms with Crippen molar-refractivity contribution < 1.29 is 4.79 Å². The minimum Gasteiger partial charge on any atom is -0.349 e. The SMILES string of the molecule is Cc1ccc(C(=O)NC2CCC(Br)CC2)cc1Br. The third kappa shape index (κ3) is 3.58. The summed E-state index contributed by atoms with van der Waals surface area (Å²) in [7, 11) is 0. The Morgan fingerprint density at radius 3 is 2.56 bits per heavy atom. The number of rotatable bonds is 2. The van der Waals surface area contributed by atoms with Crippen molar-refractivity contribution in [3.8, 4) is 0 Å². The molecule has 0 aliphatic heterocycles. The lowest BCUT2D eigenvalue weighted by Crippen LogP contribution is -2.37. The number of carbonyl (C=O) groups excluding carboxylic acids is 1. The van der Waals surface area contributed by atoms with Crippen molar-refractivity contribution in [2.75, 3.05) is 0 Å². The molecule has 0 unspecified atom stereocenters. The summed E-state index contributed by atoms with van der Waals surface area (Å²) in [6.45, 7) is 2.02. The zero-order valence-corrected chi connectivity index (χ0v) is 13.6. The van der Waals surface area contributed by atoms with Crippen molar-refractivity contribution in [2.45, 2.75) is 43.5 Å². The molecule has 1 aromatic rings. The molecular formula is C14H17Br2NO. The standard InChI is InChI=1S/C14H17Br2NO/c1-9-2-3-10(8-13(9)16)14(18)17-12-6-4-11(15)5-7-12/h2-3,8,11-12H,4-7H2,1H3,(H,17,18). The van der Waals surface area contributed by atoms with Crippen LogP contribution in [0.25, 0.3) is 0 Å². The third-order valence-electron chi connectivity index (χ3n) is 3.43. The Hall–Kier alpha value is -0.350. The van der Waals surface area contributed by atoms with Crippen LogP contribution in [0.4, 0.5) is 0 Å². The molecule has 2 nitrogen and oxygen atoms in total. The molecular weight excluding hydrogens is 358 g/mol. The number of hydrogen-bond acceptors (Lipinski definition) is 1. The Balaban J connectivity index is 1.97. The highest BCUT2D eigenvalue weighted by molar-refractivity contribution is 9.10. The first-order valence-electron chi connectivity index (χ1n) is 6.27. The number of hydrogen-bond donors (Lipinski definition) is 1. The molecule has 0 bridgehead atoms. The lowest BCUT2D eigenvalue weighted by Gasteiger charge is -2.26. The van der Waals surface area contributed by atoms with Gasteiger partial charge < -0.3 is 5.32 Å². The number of carbonyl (C=O) groups is 1. The van der Waals surface area contributed by atoms with E-state index in [0.29, 0.717) is 10.9 Å². The van der Waals surface area contributed by atoms with Crippen LogP contribution in [0.15, 0.2) is 22.7 Å². The van der Waals surface area contributed by atoms with Gasteiger partial charge in [0.15, 0.2) is 0 Å². The number of nitrogens with one attached hydrogen (secondary N) is 1. The van der Waals surface area contributed by atoms with Crippen LogP contribution in [0.2, 0.25) is 0 Å². The van der Waals surface area contributed by atoms with Gasteiger partial charge in [0.2, 0.25) is 0 Å². The van der Waals surface area contributed by atoms with E-state index in [-0.39, 0.29) is 5.91 Å². The maximum Gasteiger partial charge on any atom is 0.251 e. The maximum atomic E-state index is 12.1. The van der Waals surface area contributed by atoms with Crippen LogP contribution in [0.5, 0.6) is 0 Å². The third-order valence-corrected chi connectivity index (χ3v) is 5.20. The molecule has 1 fully saturated rings. The van der Waals surface area contributed by atoms with Crippen molar-refractivity contribution in [2.24, 2.45) is 0 Å². The van der Waals surface area contributed by atoms with Crippen molar-refractivity contribution in [1.82, 2.24) is 5.32 Å². The van der Waals surface area contributed by atoms with E-state index >= 15 is 0 Å². The van der Waals surface area contributed by atoms with Gasteiger partial charge >= 0.3 is 0 Å². The fourth-order valence-corrected chi connectivity index (χ4v) is 3.11. The summed E-state index contributed by atoms with van der Waals surface area (Å²) in [5, 5.41) is 3.12. The van der Waals surface area contributed by atoms with Gasteiger partial charge in [-0.25, -0.2) is 0 Å². The second-order valence-corrected chi connectivity index (χ2v) is 7.04. The summed E-state index contributed by atoms with van der Waals surface area (Å²) >= 11 is 7.09. The molecule has 0 saturated heterocycles. The second-order valence-electron chi connectivity index (χ2n) is 4.89. The Labute approximate surface area is 125 Å². The quantitative estimate of drug-likeness (QED) is 0.772. The first-order valence-corrected chi connectivity index (χ1v) is 7.98. The largest absolute Gasteiger partial charge is 0.349 e. The molecule has 0 radical (unpaired) electrons. The lowest BCUT2D eigenvalue weighted by atomic mass is 9.95. The number of halogens is 2. The summed E-state index contributed by atoms with van der Waals surface area (Å²) in [4.78, 5) is 12.7. The van der Waals surface area contributed by atoms with E-state index in [4.69, 9.17) is 0 Å². The van der Waals surface area contributed by atoms with Gasteiger partial charge in [0, 0.05) is 20.9 Å². The molecule has 18 heavy (non-hydrogen) atoms. The van der Waals surface area contributed by atoms with Gasteiger partial charge in [0.05, 0.1) is 0 Å². The predicted molar refractivity (Wildman–Crippen MR) is 81.3 cm³/mol. The molecule has 1 saturated carbocycles. The van der Waals surface area contributed by atoms with E-state index < -0.39 is 0 Å². The van der Waals surface area contributed by atoms with Crippen molar-refractivity contribution in [3.05, 3.63) is 33.8 Å². The van der Waals surface area contributed by atoms with E-state index in [0.717, 1.165) is 41.3 Å². The summed E-state index contributed by atoms with van der Waals surface area (Å²) in [6.07, 6.45) is 4.41. The highest BCUT2D eigenvalue weighted by Crippen LogP contribution is 2.24. The molecule has 4 heteroatoms. The molecule has 0 heterocycles. The van der Waals surface area contributed by atoms with Gasteiger partial charge in [-0.15, -0.1) is 0 Å². The minimum atomic E-state index is 0.0359. The summed E-state index contributed by atoms with van der Waals surface area (Å²) < 4.78 is 0.985. The van der Waals surface area contributed by atoms with Crippen LogP contribution in [0, 0.1) is 6.92 Å². The first kappa shape index (κ1) is 14.1. The predicted octanol–water partition coefficient (Wildman–Crippen LogP) is 4.19. The Bertz CT molecular complexity index is 439. The van der Waals surface area contributed by atoms with Crippen molar-refractivity contribution in [1.29, 1.82) is 0 Å². The van der Waals surface area contributed by atoms with Gasteiger partial charge in [-0.05, 0) is 50.3 Å². The Morgan fingerprint density at radius 2 is 1.94 bits per heavy atom. The smallest absolute Gasteiger partial charge is 0.251 e. The van der Waals surface area contributed by atoms with Crippen LogP contribution in [-0.2, 0) is 0 Å². The van der Waals surface area contributed by atoms with Crippen molar-refractivity contribution >= 4 is 37.8 Å². The fourth-order valence-electron chi connectivity index (χ4n) is 2.20. The van der Waals surface area contributed by atoms with Crippen LogP contribution in [0.1, 0.15) is 41.6 Å². The average molecular weight is 375 g/mol. The fraction of sp³-hybridized carbons (Fsp3) is 0.500. The first-order chi connectivity index (χ1) is 8.56. The van der Waals surface area contributed by atoms with Gasteiger partial charge in [-0.3, -0.25) is 4.79 Å². The Morgan fingerprint density at radius 1 is 1.28 bits per heavy atom. The van der Waals surface area contributed by atoms with Crippen LogP contribution >= 0.6 is 31.9 Å². The molecule has 98 valence electrons. The van der Waals surface area contributed by atoms with E-state index in [9.17, 15) is 4.79 Å². The monoisotopic (exact) mass is 373 g/mol. The van der Waals surface area contributed by atoms with Crippen LogP contribution < -0.4 is 5.32 Å². The molecule has 1 aliphatic carbocycles. The molecule has 1 N–H and O–H groups in total. The molecule has 1 aromatic carbocycles. The lowest BCUT2D eigenvalue weighted by molar-refractivity contribution is 0.0928. The Kier molecular flexibility index (Phi) is 4.84. The zero-order chi connectivity index (χ0) is 13.1. The summed E-state index contributed by atoms with van der Waals surface area (Å²) in [6, 6.07) is 6.06. The highest BCUT2D eigenvalue weighted by Gasteiger charge is 2.21. The van der Waals surface area contributed by atoms with Gasteiger partial charge in [-0.2, -0.15) is 0 Å². The number of alkyl halides is 1. The van der Waals surface area contributed by atoms with Crippen LogP contribution in [0.3, 0.4) is 0 Å². The molecule has 1 aliphatic rings. The zero-order valence-electron chi connectivity index (χ0n) is 10.4. The molecule has 1 amide bonds. The normalized spacial score (nSPS) is 23.7. The van der Waals surface area contributed by atoms with Gasteiger partial charge in [-0.1, -0.05) is 37.9 Å². The van der Waals surface area contributed by atoms with E-state index in [1.807, 2.05) is 25.1 Å². The van der Waals surface area contributed by atoms with Crippen molar-refractivity contribution in [3.63, 3.8) is 0 Å².